The van der Waals surface area contributed by atoms with Gasteiger partial charge in [-0.2, -0.15) is 0 Å². The summed E-state index contributed by atoms with van der Waals surface area (Å²) in [7, 11) is 0. The molecule has 89 valence electrons. The van der Waals surface area contributed by atoms with Crippen molar-refractivity contribution in [3.8, 4) is 0 Å². The van der Waals surface area contributed by atoms with Crippen molar-refractivity contribution in [3.63, 3.8) is 0 Å². The van der Waals surface area contributed by atoms with Crippen molar-refractivity contribution in [3.05, 3.63) is 71.8 Å². The Labute approximate surface area is 126 Å². The normalized spacial score (nSPS) is 8.67. The molecule has 0 aliphatic carbocycles. The molecule has 0 saturated carbocycles. The van der Waals surface area contributed by atoms with E-state index in [1.54, 1.807) is 48.5 Å². The largest absolute Gasteiger partial charge is 0.285 e. The second kappa shape index (κ2) is 7.88. The van der Waals surface area contributed by atoms with Crippen molar-refractivity contribution < 1.29 is 35.4 Å². The number of benzene rings is 2. The van der Waals surface area contributed by atoms with Crippen molar-refractivity contribution in [1.82, 2.24) is 0 Å². The zero-order valence-corrected chi connectivity index (χ0v) is 11.0. The van der Waals surface area contributed by atoms with Crippen LogP contribution in [-0.2, 0) is 25.8 Å². The summed E-state index contributed by atoms with van der Waals surface area (Å²) in [4.78, 5) is 23.6. The van der Waals surface area contributed by atoms with Gasteiger partial charge in [0.1, 0.15) is 0 Å². The van der Waals surface area contributed by atoms with Crippen molar-refractivity contribution >= 4 is 11.6 Å². The Hall–Kier alpha value is -1.35. The molecule has 1 radical (unpaired) electrons. The third-order valence-electron chi connectivity index (χ3n) is 2.28. The molecule has 0 bridgehead atoms. The third-order valence-corrected chi connectivity index (χ3v) is 2.28. The van der Waals surface area contributed by atoms with Gasteiger partial charge in [-0.25, -0.2) is 0 Å². The fourth-order valence-electron chi connectivity index (χ4n) is 1.44. The van der Waals surface area contributed by atoms with Gasteiger partial charge in [-0.1, -0.05) is 68.1 Å². The molecule has 0 saturated heterocycles. The predicted octanol–water partition coefficient (Wildman–Crippen LogP) is 3.39. The summed E-state index contributed by atoms with van der Waals surface area (Å²) >= 11 is 0. The second-order valence-corrected chi connectivity index (χ2v) is 3.39. The van der Waals surface area contributed by atoms with E-state index >= 15 is 0 Å². The first-order chi connectivity index (χ1) is 7.79. The first kappa shape index (κ1) is 16.7. The van der Waals surface area contributed by atoms with E-state index < -0.39 is 11.6 Å². The van der Waals surface area contributed by atoms with Crippen LogP contribution in [0.4, 0.5) is 0 Å². The Kier molecular flexibility index (Phi) is 7.29. The quantitative estimate of drug-likeness (QED) is 0.633. The van der Waals surface area contributed by atoms with Crippen molar-refractivity contribution in [2.24, 2.45) is 0 Å². The van der Waals surface area contributed by atoms with Crippen LogP contribution in [0.2, 0.25) is 0 Å². The third kappa shape index (κ3) is 3.84. The summed E-state index contributed by atoms with van der Waals surface area (Å²) in [6.45, 7) is 0. The average molecular weight is 271 g/mol. The molecule has 0 amide bonds. The molecule has 0 spiro atoms. The van der Waals surface area contributed by atoms with Crippen molar-refractivity contribution in [1.29, 1.82) is 0 Å². The molecular formula is C15H14O2Sc. The molecule has 2 aromatic rings. The fourth-order valence-corrected chi connectivity index (χ4v) is 1.44. The van der Waals surface area contributed by atoms with Crippen LogP contribution in [0.3, 0.4) is 0 Å². The van der Waals surface area contributed by atoms with Crippen LogP contribution < -0.4 is 0 Å². The van der Waals surface area contributed by atoms with Gasteiger partial charge in [0.2, 0.25) is 11.6 Å². The number of Topliss-reactive ketones (excluding diaryl/α,β-unsaturated/α-hetero) is 2. The molecule has 0 fully saturated rings. The molecule has 0 N–H and O–H groups in total. The van der Waals surface area contributed by atoms with Crippen molar-refractivity contribution in [2.45, 2.75) is 7.43 Å². The molecule has 2 rings (SSSR count). The molecule has 0 aliphatic rings. The van der Waals surface area contributed by atoms with Crippen LogP contribution in [0.5, 0.6) is 0 Å². The summed E-state index contributed by atoms with van der Waals surface area (Å²) in [5.41, 5.74) is 0.854. The molecule has 2 nitrogen and oxygen atoms in total. The first-order valence-electron chi connectivity index (χ1n) is 4.98. The zero-order valence-electron chi connectivity index (χ0n) is 9.17. The van der Waals surface area contributed by atoms with Gasteiger partial charge in [0, 0.05) is 37.0 Å². The van der Waals surface area contributed by atoms with E-state index in [-0.39, 0.29) is 33.3 Å². The maximum absolute atomic E-state index is 11.8. The van der Waals surface area contributed by atoms with E-state index in [0.29, 0.717) is 11.1 Å². The van der Waals surface area contributed by atoms with Crippen LogP contribution in [0.25, 0.3) is 0 Å². The van der Waals surface area contributed by atoms with Gasteiger partial charge in [-0.05, 0) is 0 Å². The Balaban J connectivity index is 0.00000144. The SMILES string of the molecule is C.O=C(C(=O)c1ccccc1)c1ccccc1.[Sc]. The van der Waals surface area contributed by atoms with E-state index in [0.717, 1.165) is 0 Å². The number of hydrogen-bond donors (Lipinski definition) is 0. The Morgan fingerprint density at radius 3 is 1.17 bits per heavy atom. The van der Waals surface area contributed by atoms with Gasteiger partial charge in [0.25, 0.3) is 0 Å². The average Bonchev–Trinajstić information content (AvgIpc) is 2.39. The maximum atomic E-state index is 11.8. The van der Waals surface area contributed by atoms with E-state index in [9.17, 15) is 9.59 Å². The zero-order chi connectivity index (χ0) is 11.4. The van der Waals surface area contributed by atoms with Gasteiger partial charge in [0.15, 0.2) is 0 Å². The Morgan fingerprint density at radius 1 is 0.611 bits per heavy atom. The number of rotatable bonds is 3. The number of ketones is 2. The van der Waals surface area contributed by atoms with Gasteiger partial charge in [-0.15, -0.1) is 0 Å². The minimum Gasteiger partial charge on any atom is -0.285 e. The maximum Gasteiger partial charge on any atom is 0.233 e. The fraction of sp³-hybridized carbons (Fsp3) is 0.0667. The summed E-state index contributed by atoms with van der Waals surface area (Å²) in [6.07, 6.45) is 0. The minimum atomic E-state index is -0.466. The molecule has 0 aliphatic heterocycles. The van der Waals surface area contributed by atoms with Gasteiger partial charge >= 0.3 is 0 Å². The summed E-state index contributed by atoms with van der Waals surface area (Å²) in [6, 6.07) is 17.2. The molecular weight excluding hydrogens is 257 g/mol. The van der Waals surface area contributed by atoms with Crippen LogP contribution in [0.1, 0.15) is 28.1 Å². The molecule has 2 aromatic carbocycles. The van der Waals surface area contributed by atoms with Crippen LogP contribution in [0, 0.1) is 0 Å². The van der Waals surface area contributed by atoms with Gasteiger partial charge < -0.3 is 0 Å². The van der Waals surface area contributed by atoms with E-state index in [1.165, 1.54) is 0 Å². The first-order valence-corrected chi connectivity index (χ1v) is 4.98. The second-order valence-electron chi connectivity index (χ2n) is 3.39. The van der Waals surface area contributed by atoms with Crippen LogP contribution in [0.15, 0.2) is 60.7 Å². The number of carbonyl (C=O) groups excluding carboxylic acids is 2. The van der Waals surface area contributed by atoms with Crippen LogP contribution >= 0.6 is 0 Å². The monoisotopic (exact) mass is 271 g/mol. The summed E-state index contributed by atoms with van der Waals surface area (Å²) < 4.78 is 0. The Bertz CT molecular complexity index is 457. The number of hydrogen-bond acceptors (Lipinski definition) is 2. The van der Waals surface area contributed by atoms with E-state index in [2.05, 4.69) is 0 Å². The van der Waals surface area contributed by atoms with E-state index in [1.807, 2.05) is 12.1 Å². The van der Waals surface area contributed by atoms with E-state index in [4.69, 9.17) is 0 Å². The topological polar surface area (TPSA) is 34.1 Å². The van der Waals surface area contributed by atoms with Gasteiger partial charge in [-0.3, -0.25) is 9.59 Å². The van der Waals surface area contributed by atoms with Crippen molar-refractivity contribution in [2.75, 3.05) is 0 Å². The molecule has 0 unspecified atom stereocenters. The molecule has 0 aromatic heterocycles. The molecule has 0 atom stereocenters. The standard InChI is InChI=1S/C14H10O2.CH4.Sc/c15-13(11-7-3-1-4-8-11)14(16)12-9-5-2-6-10-12;;/h1-10H;1H4;. The summed E-state index contributed by atoms with van der Waals surface area (Å²) in [5, 5.41) is 0. The van der Waals surface area contributed by atoms with Gasteiger partial charge in [0.05, 0.1) is 0 Å². The van der Waals surface area contributed by atoms with Crippen LogP contribution in [-0.4, -0.2) is 11.6 Å². The summed E-state index contributed by atoms with van der Waals surface area (Å²) in [5.74, 6) is -0.932. The molecule has 18 heavy (non-hydrogen) atoms. The Morgan fingerprint density at radius 2 is 0.889 bits per heavy atom. The minimum absolute atomic E-state index is 0. The predicted molar refractivity (Wildman–Crippen MR) is 68.3 cm³/mol. The molecule has 0 heterocycles. The number of carbonyl (C=O) groups is 2. The smallest absolute Gasteiger partial charge is 0.233 e. The molecule has 3 heteroatoms.